The fourth-order valence-corrected chi connectivity index (χ4v) is 4.16. The van der Waals surface area contributed by atoms with Crippen LogP contribution in [0.5, 0.6) is 5.75 Å². The molecule has 0 radical (unpaired) electrons. The molecule has 1 N–H and O–H groups in total. The number of ether oxygens (including phenoxy) is 1. The van der Waals surface area contributed by atoms with Crippen LogP contribution < -0.4 is 10.1 Å². The van der Waals surface area contributed by atoms with E-state index in [2.05, 4.69) is 19.2 Å². The molecule has 3 aromatic rings. The van der Waals surface area contributed by atoms with Crippen molar-refractivity contribution in [1.29, 1.82) is 0 Å². The number of carbonyl (C=O) groups is 2. The van der Waals surface area contributed by atoms with E-state index in [1.165, 1.54) is 0 Å². The van der Waals surface area contributed by atoms with E-state index in [1.807, 2.05) is 80.6 Å². The van der Waals surface area contributed by atoms with Crippen molar-refractivity contribution in [2.24, 2.45) is 0 Å². The van der Waals surface area contributed by atoms with E-state index < -0.39 is 6.04 Å². The van der Waals surface area contributed by atoms with Gasteiger partial charge in [-0.2, -0.15) is 0 Å². The van der Waals surface area contributed by atoms with Gasteiger partial charge in [-0.1, -0.05) is 86.1 Å². The van der Waals surface area contributed by atoms with E-state index in [-0.39, 0.29) is 36.9 Å². The van der Waals surface area contributed by atoms with E-state index in [0.717, 1.165) is 16.7 Å². The predicted octanol–water partition coefficient (Wildman–Crippen LogP) is 6.01. The highest BCUT2D eigenvalue weighted by atomic mass is 35.5. The van der Waals surface area contributed by atoms with Crippen molar-refractivity contribution in [1.82, 2.24) is 10.2 Å². The summed E-state index contributed by atoms with van der Waals surface area (Å²) in [6.45, 7) is 8.08. The second kappa shape index (κ2) is 13.1. The third-order valence-electron chi connectivity index (χ3n) is 5.86. The van der Waals surface area contributed by atoms with Crippen molar-refractivity contribution < 1.29 is 14.3 Å². The van der Waals surface area contributed by atoms with Crippen molar-refractivity contribution in [3.05, 3.63) is 101 Å². The second-order valence-electron chi connectivity index (χ2n) is 9.50. The fourth-order valence-electron chi connectivity index (χ4n) is 4.03. The van der Waals surface area contributed by atoms with Gasteiger partial charge in [-0.05, 0) is 54.7 Å². The van der Waals surface area contributed by atoms with Crippen molar-refractivity contribution in [2.45, 2.75) is 58.7 Å². The smallest absolute Gasteiger partial charge is 0.261 e. The SMILES string of the molecule is CC(C)NC(=O)[C@@H](Cc1ccccc1)N(Cc1ccc(Cl)cc1)C(=O)COc1ccccc1C(C)C. The third-order valence-corrected chi connectivity index (χ3v) is 6.11. The molecule has 0 aliphatic carbocycles. The first-order valence-electron chi connectivity index (χ1n) is 12.3. The Hall–Kier alpha value is -3.31. The molecule has 1 atom stereocenters. The van der Waals surface area contributed by atoms with Gasteiger partial charge in [0.2, 0.25) is 5.91 Å². The summed E-state index contributed by atoms with van der Waals surface area (Å²) < 4.78 is 6.02. The second-order valence-corrected chi connectivity index (χ2v) is 9.93. The Balaban J connectivity index is 1.92. The largest absolute Gasteiger partial charge is 0.483 e. The maximum atomic E-state index is 13.7. The Morgan fingerprint density at radius 3 is 2.14 bits per heavy atom. The zero-order valence-electron chi connectivity index (χ0n) is 21.4. The van der Waals surface area contributed by atoms with E-state index in [0.29, 0.717) is 17.2 Å². The molecular formula is C30H35ClN2O3. The molecule has 0 unspecified atom stereocenters. The molecule has 2 amide bonds. The molecule has 0 fully saturated rings. The molecule has 5 nitrogen and oxygen atoms in total. The first-order chi connectivity index (χ1) is 17.2. The molecule has 0 spiro atoms. The number of hydrogen-bond acceptors (Lipinski definition) is 3. The number of amides is 2. The van der Waals surface area contributed by atoms with Crippen LogP contribution in [0.1, 0.15) is 50.3 Å². The number of para-hydroxylation sites is 1. The van der Waals surface area contributed by atoms with Crippen LogP contribution in [-0.4, -0.2) is 35.4 Å². The molecule has 190 valence electrons. The molecule has 6 heteroatoms. The molecule has 0 aliphatic rings. The fraction of sp³-hybridized carbons (Fsp3) is 0.333. The van der Waals surface area contributed by atoms with Crippen molar-refractivity contribution in [3.63, 3.8) is 0 Å². The molecule has 0 heterocycles. The first-order valence-corrected chi connectivity index (χ1v) is 12.7. The van der Waals surface area contributed by atoms with Gasteiger partial charge in [0.05, 0.1) is 0 Å². The van der Waals surface area contributed by atoms with Crippen LogP contribution in [0, 0.1) is 0 Å². The quantitative estimate of drug-likeness (QED) is 0.346. The molecule has 0 aliphatic heterocycles. The number of rotatable bonds is 11. The van der Waals surface area contributed by atoms with Gasteiger partial charge >= 0.3 is 0 Å². The molecule has 0 aromatic heterocycles. The monoisotopic (exact) mass is 506 g/mol. The Morgan fingerprint density at radius 1 is 0.861 bits per heavy atom. The summed E-state index contributed by atoms with van der Waals surface area (Å²) >= 11 is 6.08. The van der Waals surface area contributed by atoms with Crippen LogP contribution >= 0.6 is 11.6 Å². The summed E-state index contributed by atoms with van der Waals surface area (Å²) in [6.07, 6.45) is 0.390. The Kier molecular flexibility index (Phi) is 9.95. The summed E-state index contributed by atoms with van der Waals surface area (Å²) in [5.74, 6) is 0.477. The van der Waals surface area contributed by atoms with Gasteiger partial charge in [-0.15, -0.1) is 0 Å². The van der Waals surface area contributed by atoms with Crippen LogP contribution in [0.2, 0.25) is 5.02 Å². The number of halogens is 1. The summed E-state index contributed by atoms with van der Waals surface area (Å²) in [6, 6.07) is 24.0. The lowest BCUT2D eigenvalue weighted by Crippen LogP contribution is -2.52. The highest BCUT2D eigenvalue weighted by molar-refractivity contribution is 6.30. The minimum atomic E-state index is -0.707. The minimum Gasteiger partial charge on any atom is -0.483 e. The Labute approximate surface area is 219 Å². The third kappa shape index (κ3) is 7.85. The van der Waals surface area contributed by atoms with Crippen LogP contribution in [0.3, 0.4) is 0 Å². The van der Waals surface area contributed by atoms with Gasteiger partial charge in [0.15, 0.2) is 6.61 Å². The number of carbonyl (C=O) groups excluding carboxylic acids is 2. The van der Waals surface area contributed by atoms with Gasteiger partial charge in [0.25, 0.3) is 5.91 Å². The van der Waals surface area contributed by atoms with Gasteiger partial charge in [0, 0.05) is 24.0 Å². The van der Waals surface area contributed by atoms with Crippen molar-refractivity contribution in [3.8, 4) is 5.75 Å². The Bertz CT molecular complexity index is 1130. The van der Waals surface area contributed by atoms with Crippen LogP contribution in [-0.2, 0) is 22.6 Å². The molecule has 3 aromatic carbocycles. The highest BCUT2D eigenvalue weighted by Gasteiger charge is 2.31. The van der Waals surface area contributed by atoms with E-state index in [9.17, 15) is 9.59 Å². The highest BCUT2D eigenvalue weighted by Crippen LogP contribution is 2.26. The molecule has 0 bridgehead atoms. The number of nitrogens with zero attached hydrogens (tertiary/aromatic N) is 1. The summed E-state index contributed by atoms with van der Waals surface area (Å²) in [5, 5.41) is 3.61. The molecule has 3 rings (SSSR count). The topological polar surface area (TPSA) is 58.6 Å². The Morgan fingerprint density at radius 2 is 1.50 bits per heavy atom. The maximum Gasteiger partial charge on any atom is 0.261 e. The van der Waals surface area contributed by atoms with E-state index in [1.54, 1.807) is 17.0 Å². The van der Waals surface area contributed by atoms with Gasteiger partial charge < -0.3 is 15.0 Å². The molecular weight excluding hydrogens is 472 g/mol. The number of benzene rings is 3. The number of hydrogen-bond donors (Lipinski definition) is 1. The minimum absolute atomic E-state index is 0.0579. The van der Waals surface area contributed by atoms with Crippen molar-refractivity contribution in [2.75, 3.05) is 6.61 Å². The summed E-state index contributed by atoms with van der Waals surface area (Å²) in [7, 11) is 0. The zero-order chi connectivity index (χ0) is 26.1. The lowest BCUT2D eigenvalue weighted by molar-refractivity contribution is -0.143. The van der Waals surface area contributed by atoms with Gasteiger partial charge in [0.1, 0.15) is 11.8 Å². The van der Waals surface area contributed by atoms with Crippen LogP contribution in [0.4, 0.5) is 0 Å². The van der Waals surface area contributed by atoms with Crippen molar-refractivity contribution >= 4 is 23.4 Å². The molecule has 0 saturated carbocycles. The molecule has 36 heavy (non-hydrogen) atoms. The maximum absolute atomic E-state index is 13.7. The lowest BCUT2D eigenvalue weighted by Gasteiger charge is -2.32. The first kappa shape index (κ1) is 27.3. The van der Waals surface area contributed by atoms with Crippen LogP contribution in [0.25, 0.3) is 0 Å². The predicted molar refractivity (Wildman–Crippen MR) is 145 cm³/mol. The lowest BCUT2D eigenvalue weighted by atomic mass is 10.0. The average molecular weight is 507 g/mol. The standard InChI is InChI=1S/C30H35ClN2O3/c1-21(2)26-12-8-9-13-28(26)36-20-29(34)33(19-24-14-16-25(31)17-15-24)27(30(35)32-22(3)4)18-23-10-6-5-7-11-23/h5-17,21-22,27H,18-20H2,1-4H3,(H,32,35)/t27-/m1/s1. The average Bonchev–Trinajstić information content (AvgIpc) is 2.86. The number of nitrogens with one attached hydrogen (secondary N) is 1. The normalized spacial score (nSPS) is 11.9. The van der Waals surface area contributed by atoms with Crippen LogP contribution in [0.15, 0.2) is 78.9 Å². The van der Waals surface area contributed by atoms with Gasteiger partial charge in [-0.3, -0.25) is 9.59 Å². The zero-order valence-corrected chi connectivity index (χ0v) is 22.2. The summed E-state index contributed by atoms with van der Waals surface area (Å²) in [4.78, 5) is 28.7. The van der Waals surface area contributed by atoms with Gasteiger partial charge in [-0.25, -0.2) is 0 Å². The van der Waals surface area contributed by atoms with E-state index in [4.69, 9.17) is 16.3 Å². The van der Waals surface area contributed by atoms with E-state index >= 15 is 0 Å². The molecule has 0 saturated heterocycles. The summed E-state index contributed by atoms with van der Waals surface area (Å²) in [5.41, 5.74) is 2.89.